The molecule has 0 unspecified atom stereocenters. The average Bonchev–Trinajstić information content (AvgIpc) is 2.69. The third-order valence-electron chi connectivity index (χ3n) is 2.33. The summed E-state index contributed by atoms with van der Waals surface area (Å²) in [6, 6.07) is 8.62. The fourth-order valence-corrected chi connectivity index (χ4v) is 2.99. The molecule has 0 radical (unpaired) electrons. The highest BCUT2D eigenvalue weighted by Gasteiger charge is 2.14. The van der Waals surface area contributed by atoms with Crippen LogP contribution in [0.4, 0.5) is 0 Å². The molecule has 0 bridgehead atoms. The SMILES string of the molecule is CSCC[C@@H]([NH3+])c1nc2ccccc2s1. The molecule has 1 aromatic heterocycles. The number of hydrogen-bond acceptors (Lipinski definition) is 3. The largest absolute Gasteiger partial charge is 0.349 e. The lowest BCUT2D eigenvalue weighted by Gasteiger charge is -2.02. The lowest BCUT2D eigenvalue weighted by atomic mass is 10.2. The van der Waals surface area contributed by atoms with Crippen molar-refractivity contribution in [1.29, 1.82) is 0 Å². The maximum atomic E-state index is 4.61. The number of fused-ring (bicyclic) bond motifs is 1. The third kappa shape index (κ3) is 2.51. The summed E-state index contributed by atoms with van der Waals surface area (Å²) in [5, 5.41) is 1.17. The molecule has 0 aliphatic heterocycles. The molecule has 3 N–H and O–H groups in total. The van der Waals surface area contributed by atoms with Crippen molar-refractivity contribution in [2.45, 2.75) is 12.5 Å². The minimum Gasteiger partial charge on any atom is -0.349 e. The summed E-state index contributed by atoms with van der Waals surface area (Å²) in [7, 11) is 0. The van der Waals surface area contributed by atoms with Crippen LogP contribution >= 0.6 is 23.1 Å². The van der Waals surface area contributed by atoms with Crippen molar-refractivity contribution in [3.05, 3.63) is 29.3 Å². The van der Waals surface area contributed by atoms with Gasteiger partial charge in [0.1, 0.15) is 6.04 Å². The number of quaternary nitrogens is 1. The van der Waals surface area contributed by atoms with E-state index < -0.39 is 0 Å². The predicted octanol–water partition coefficient (Wildman–Crippen LogP) is 2.33. The van der Waals surface area contributed by atoms with Crippen LogP contribution in [0.25, 0.3) is 10.2 Å². The number of para-hydroxylation sites is 1. The number of aromatic nitrogens is 1. The summed E-state index contributed by atoms with van der Waals surface area (Å²) >= 11 is 3.64. The van der Waals surface area contributed by atoms with Crippen LogP contribution in [0.15, 0.2) is 24.3 Å². The van der Waals surface area contributed by atoms with E-state index >= 15 is 0 Å². The Morgan fingerprint density at radius 3 is 3.00 bits per heavy atom. The maximum absolute atomic E-state index is 4.61. The summed E-state index contributed by atoms with van der Waals surface area (Å²) in [6.07, 6.45) is 3.24. The van der Waals surface area contributed by atoms with Gasteiger partial charge in [-0.1, -0.05) is 12.1 Å². The number of nitrogens with zero attached hydrogens (tertiary/aromatic N) is 1. The van der Waals surface area contributed by atoms with Crippen molar-refractivity contribution < 1.29 is 5.73 Å². The molecule has 0 fully saturated rings. The molecular formula is C11H15N2S2+. The molecule has 0 amide bonds. The van der Waals surface area contributed by atoms with E-state index in [1.54, 1.807) is 11.3 Å². The molecule has 1 aromatic carbocycles. The topological polar surface area (TPSA) is 40.5 Å². The third-order valence-corrected chi connectivity index (χ3v) is 4.17. The minimum atomic E-state index is 0.342. The smallest absolute Gasteiger partial charge is 0.151 e. The quantitative estimate of drug-likeness (QED) is 0.889. The molecule has 0 aliphatic carbocycles. The molecule has 4 heteroatoms. The number of thioether (sulfide) groups is 1. The Morgan fingerprint density at radius 1 is 1.47 bits per heavy atom. The number of hydrogen-bond donors (Lipinski definition) is 1. The van der Waals surface area contributed by atoms with Crippen LogP contribution in [0.1, 0.15) is 17.5 Å². The second-order valence-corrected chi connectivity index (χ2v) is 5.55. The fraction of sp³-hybridized carbons (Fsp3) is 0.364. The predicted molar refractivity (Wildman–Crippen MR) is 68.2 cm³/mol. The van der Waals surface area contributed by atoms with Crippen LogP contribution in [-0.4, -0.2) is 17.0 Å². The van der Waals surface area contributed by atoms with Gasteiger partial charge in [0.25, 0.3) is 0 Å². The second kappa shape index (κ2) is 4.96. The van der Waals surface area contributed by atoms with Crippen LogP contribution in [0, 0.1) is 0 Å². The van der Waals surface area contributed by atoms with Crippen LogP contribution in [-0.2, 0) is 0 Å². The molecule has 0 saturated heterocycles. The van der Waals surface area contributed by atoms with Gasteiger partial charge >= 0.3 is 0 Å². The van der Waals surface area contributed by atoms with E-state index in [4.69, 9.17) is 0 Å². The summed E-state index contributed by atoms with van der Waals surface area (Å²) in [4.78, 5) is 4.61. The van der Waals surface area contributed by atoms with Crippen LogP contribution in [0.2, 0.25) is 0 Å². The Morgan fingerprint density at radius 2 is 2.27 bits per heavy atom. The lowest BCUT2D eigenvalue weighted by Crippen LogP contribution is -2.53. The Balaban J connectivity index is 2.20. The second-order valence-electron chi connectivity index (χ2n) is 3.50. The zero-order valence-corrected chi connectivity index (χ0v) is 10.4. The van der Waals surface area contributed by atoms with Gasteiger partial charge in [0.05, 0.1) is 10.2 Å². The minimum absolute atomic E-state index is 0.342. The molecule has 0 saturated carbocycles. The first-order chi connectivity index (χ1) is 7.31. The van der Waals surface area contributed by atoms with Gasteiger partial charge in [0.2, 0.25) is 0 Å². The summed E-state index contributed by atoms with van der Waals surface area (Å²) < 4.78 is 1.27. The van der Waals surface area contributed by atoms with Gasteiger partial charge in [0.15, 0.2) is 5.01 Å². The van der Waals surface area contributed by atoms with E-state index in [9.17, 15) is 0 Å². The highest BCUT2D eigenvalue weighted by atomic mass is 32.2. The fourth-order valence-electron chi connectivity index (χ4n) is 1.45. The summed E-state index contributed by atoms with van der Waals surface area (Å²) in [5.74, 6) is 1.16. The molecule has 1 atom stereocenters. The molecule has 15 heavy (non-hydrogen) atoms. The summed E-state index contributed by atoms with van der Waals surface area (Å²) in [5.41, 5.74) is 5.28. The van der Waals surface area contributed by atoms with Crippen LogP contribution in [0.3, 0.4) is 0 Å². The van der Waals surface area contributed by atoms with Gasteiger partial charge in [-0.3, -0.25) is 0 Å². The zero-order chi connectivity index (χ0) is 10.7. The number of thiazole rings is 1. The molecule has 2 aromatic rings. The number of benzene rings is 1. The van der Waals surface area contributed by atoms with Crippen molar-refractivity contribution in [2.24, 2.45) is 0 Å². The highest BCUT2D eigenvalue weighted by molar-refractivity contribution is 7.98. The van der Waals surface area contributed by atoms with E-state index in [1.165, 1.54) is 9.71 Å². The maximum Gasteiger partial charge on any atom is 0.151 e. The zero-order valence-electron chi connectivity index (χ0n) is 8.77. The molecule has 2 rings (SSSR count). The first kappa shape index (κ1) is 10.9. The Hall–Kier alpha value is -0.580. The van der Waals surface area contributed by atoms with E-state index in [-0.39, 0.29) is 0 Å². The Labute approximate surface area is 97.9 Å². The van der Waals surface area contributed by atoms with Gasteiger partial charge in [0, 0.05) is 6.42 Å². The standard InChI is InChI=1S/C11H14N2S2/c1-14-7-6-8(12)11-13-9-4-2-3-5-10(9)15-11/h2-5,8H,6-7,12H2,1H3/p+1/t8-/m1/s1. The van der Waals surface area contributed by atoms with Crippen molar-refractivity contribution in [3.8, 4) is 0 Å². The van der Waals surface area contributed by atoms with Crippen molar-refractivity contribution in [2.75, 3.05) is 12.0 Å². The van der Waals surface area contributed by atoms with Gasteiger partial charge in [-0.2, -0.15) is 11.8 Å². The normalized spacial score (nSPS) is 13.2. The monoisotopic (exact) mass is 239 g/mol. The van der Waals surface area contributed by atoms with E-state index in [0.29, 0.717) is 6.04 Å². The number of rotatable bonds is 4. The Kier molecular flexibility index (Phi) is 3.61. The molecule has 0 aliphatic rings. The van der Waals surface area contributed by atoms with E-state index in [2.05, 4.69) is 35.2 Å². The van der Waals surface area contributed by atoms with E-state index in [0.717, 1.165) is 17.7 Å². The molecule has 2 nitrogen and oxygen atoms in total. The lowest BCUT2D eigenvalue weighted by molar-refractivity contribution is -0.426. The van der Waals surface area contributed by atoms with Crippen molar-refractivity contribution in [1.82, 2.24) is 4.98 Å². The molecule has 0 spiro atoms. The van der Waals surface area contributed by atoms with Gasteiger partial charge in [-0.25, -0.2) is 4.98 Å². The highest BCUT2D eigenvalue weighted by Crippen LogP contribution is 2.26. The van der Waals surface area contributed by atoms with Gasteiger partial charge in [-0.05, 0) is 24.1 Å². The van der Waals surface area contributed by atoms with E-state index in [1.807, 2.05) is 17.8 Å². The summed E-state index contributed by atoms with van der Waals surface area (Å²) in [6.45, 7) is 0. The average molecular weight is 239 g/mol. The van der Waals surface area contributed by atoms with Gasteiger partial charge in [-0.15, -0.1) is 11.3 Å². The first-order valence-corrected chi connectivity index (χ1v) is 7.20. The van der Waals surface area contributed by atoms with Crippen molar-refractivity contribution >= 4 is 33.3 Å². The Bertz CT molecular complexity index is 406. The van der Waals surface area contributed by atoms with Gasteiger partial charge < -0.3 is 5.73 Å². The van der Waals surface area contributed by atoms with Crippen LogP contribution in [0.5, 0.6) is 0 Å². The first-order valence-electron chi connectivity index (χ1n) is 4.98. The molecular weight excluding hydrogens is 224 g/mol. The molecule has 80 valence electrons. The van der Waals surface area contributed by atoms with Crippen LogP contribution < -0.4 is 5.73 Å². The van der Waals surface area contributed by atoms with Crippen molar-refractivity contribution in [3.63, 3.8) is 0 Å². The molecule has 1 heterocycles.